The zero-order valence-corrected chi connectivity index (χ0v) is 17.1. The minimum absolute atomic E-state index is 0.0210. The zero-order chi connectivity index (χ0) is 20.7. The van der Waals surface area contributed by atoms with Crippen molar-refractivity contribution in [2.24, 2.45) is 0 Å². The van der Waals surface area contributed by atoms with Crippen LogP contribution in [0.4, 0.5) is 0 Å². The molecule has 0 unspecified atom stereocenters. The Bertz CT molecular complexity index is 708. The first-order chi connectivity index (χ1) is 14.2. The van der Waals surface area contributed by atoms with Gasteiger partial charge in [0.1, 0.15) is 18.8 Å². The molecule has 2 rings (SSSR count). The number of carbonyl (C=O) groups excluding carboxylic acids is 2. The van der Waals surface area contributed by atoms with Gasteiger partial charge < -0.3 is 9.47 Å². The number of hydrogen-bond donors (Lipinski definition) is 0. The topological polar surface area (TPSA) is 52.6 Å². The molecule has 4 nitrogen and oxygen atoms in total. The molecule has 0 aromatic heterocycles. The number of esters is 2. The number of rotatable bonds is 12. The van der Waals surface area contributed by atoms with E-state index in [2.05, 4.69) is 6.92 Å². The van der Waals surface area contributed by atoms with Gasteiger partial charge in [-0.05, 0) is 24.0 Å². The van der Waals surface area contributed by atoms with Gasteiger partial charge in [0, 0.05) is 0 Å². The Hall–Kier alpha value is -2.88. The summed E-state index contributed by atoms with van der Waals surface area (Å²) in [6, 6.07) is 18.8. The summed E-state index contributed by atoms with van der Waals surface area (Å²) in [7, 11) is 0. The number of allylic oxidation sites excluding steroid dienone is 1. The van der Waals surface area contributed by atoms with Gasteiger partial charge in [0.05, 0.1) is 0 Å². The van der Waals surface area contributed by atoms with E-state index < -0.39 is 11.9 Å². The predicted octanol–water partition coefficient (Wildman–Crippen LogP) is 5.76. The fourth-order valence-electron chi connectivity index (χ4n) is 2.85. The van der Waals surface area contributed by atoms with Crippen molar-refractivity contribution in [1.82, 2.24) is 0 Å². The van der Waals surface area contributed by atoms with Crippen LogP contribution in [0.15, 0.2) is 72.3 Å². The number of hydrogen-bond acceptors (Lipinski definition) is 4. The summed E-state index contributed by atoms with van der Waals surface area (Å²) in [5, 5.41) is 0. The number of benzene rings is 2. The van der Waals surface area contributed by atoms with Crippen LogP contribution in [0.1, 0.15) is 56.6 Å². The van der Waals surface area contributed by atoms with Crippen LogP contribution in [0.5, 0.6) is 0 Å². The maximum absolute atomic E-state index is 12.5. The van der Waals surface area contributed by atoms with Crippen molar-refractivity contribution in [2.45, 2.75) is 58.7 Å². The Morgan fingerprint density at radius 3 is 1.69 bits per heavy atom. The third kappa shape index (κ3) is 8.77. The van der Waals surface area contributed by atoms with Gasteiger partial charge in [0.25, 0.3) is 0 Å². The summed E-state index contributed by atoms with van der Waals surface area (Å²) >= 11 is 0. The molecule has 0 amide bonds. The molecule has 0 N–H and O–H groups in total. The molecular weight excluding hydrogens is 364 g/mol. The van der Waals surface area contributed by atoms with E-state index in [0.717, 1.165) is 30.4 Å². The first kappa shape index (κ1) is 22.4. The van der Waals surface area contributed by atoms with E-state index in [1.54, 1.807) is 6.08 Å². The van der Waals surface area contributed by atoms with Crippen LogP contribution < -0.4 is 0 Å². The Morgan fingerprint density at radius 1 is 0.724 bits per heavy atom. The molecule has 0 aliphatic rings. The van der Waals surface area contributed by atoms with Crippen LogP contribution in [-0.4, -0.2) is 11.9 Å². The van der Waals surface area contributed by atoms with Gasteiger partial charge in [0.2, 0.25) is 0 Å². The molecule has 0 aliphatic carbocycles. The highest BCUT2D eigenvalue weighted by molar-refractivity contribution is 6.14. The SMILES string of the molecule is CCCCCCCC=C(C(=O)OCc1ccccc1)C(=O)OCc1ccccc1. The van der Waals surface area contributed by atoms with Crippen LogP contribution >= 0.6 is 0 Å². The van der Waals surface area contributed by atoms with E-state index in [4.69, 9.17) is 9.47 Å². The van der Waals surface area contributed by atoms with Gasteiger partial charge in [0.15, 0.2) is 0 Å². The maximum Gasteiger partial charge on any atom is 0.345 e. The normalized spacial score (nSPS) is 10.2. The molecule has 0 spiro atoms. The van der Waals surface area contributed by atoms with E-state index in [0.29, 0.717) is 6.42 Å². The highest BCUT2D eigenvalue weighted by atomic mass is 16.6. The van der Waals surface area contributed by atoms with Crippen LogP contribution in [0.3, 0.4) is 0 Å². The standard InChI is InChI=1S/C25H30O4/c1-2-3-4-5-6-13-18-23(24(26)28-19-21-14-9-7-10-15-21)25(27)29-20-22-16-11-8-12-17-22/h7-12,14-18H,2-6,13,19-20H2,1H3. The minimum atomic E-state index is -0.638. The molecule has 154 valence electrons. The molecule has 0 radical (unpaired) electrons. The zero-order valence-electron chi connectivity index (χ0n) is 17.1. The van der Waals surface area contributed by atoms with E-state index in [-0.39, 0.29) is 18.8 Å². The van der Waals surface area contributed by atoms with Crippen molar-refractivity contribution in [1.29, 1.82) is 0 Å². The van der Waals surface area contributed by atoms with Crippen LogP contribution in [0, 0.1) is 0 Å². The van der Waals surface area contributed by atoms with E-state index in [1.807, 2.05) is 60.7 Å². The second kappa shape index (κ2) is 13.3. The van der Waals surface area contributed by atoms with Gasteiger partial charge in [-0.3, -0.25) is 0 Å². The Labute approximate surface area is 173 Å². The summed E-state index contributed by atoms with van der Waals surface area (Å²) in [5.74, 6) is -1.28. The van der Waals surface area contributed by atoms with Crippen molar-refractivity contribution in [2.75, 3.05) is 0 Å². The molecule has 0 fully saturated rings. The fraction of sp³-hybridized carbons (Fsp3) is 0.360. The highest BCUT2D eigenvalue weighted by Gasteiger charge is 2.21. The van der Waals surface area contributed by atoms with E-state index in [9.17, 15) is 9.59 Å². The van der Waals surface area contributed by atoms with Crippen molar-refractivity contribution < 1.29 is 19.1 Å². The fourth-order valence-corrected chi connectivity index (χ4v) is 2.85. The molecule has 29 heavy (non-hydrogen) atoms. The third-order valence-corrected chi connectivity index (χ3v) is 4.52. The molecule has 0 saturated heterocycles. The molecule has 0 aliphatic heterocycles. The largest absolute Gasteiger partial charge is 0.457 e. The lowest BCUT2D eigenvalue weighted by Gasteiger charge is -2.09. The van der Waals surface area contributed by atoms with Crippen LogP contribution in [0.2, 0.25) is 0 Å². The second-order valence-corrected chi connectivity index (χ2v) is 6.94. The average molecular weight is 395 g/mol. The Kier molecular flexibility index (Phi) is 10.3. The molecule has 0 saturated carbocycles. The first-order valence-corrected chi connectivity index (χ1v) is 10.3. The van der Waals surface area contributed by atoms with Crippen molar-refractivity contribution in [3.8, 4) is 0 Å². The van der Waals surface area contributed by atoms with Gasteiger partial charge in [-0.15, -0.1) is 0 Å². The summed E-state index contributed by atoms with van der Waals surface area (Å²) in [4.78, 5) is 25.1. The third-order valence-electron chi connectivity index (χ3n) is 4.52. The van der Waals surface area contributed by atoms with Gasteiger partial charge in [-0.1, -0.05) is 99.3 Å². The summed E-state index contributed by atoms with van der Waals surface area (Å²) in [6.07, 6.45) is 7.87. The monoisotopic (exact) mass is 394 g/mol. The molecule has 0 bridgehead atoms. The van der Waals surface area contributed by atoms with E-state index >= 15 is 0 Å². The minimum Gasteiger partial charge on any atom is -0.457 e. The lowest BCUT2D eigenvalue weighted by atomic mass is 10.1. The van der Waals surface area contributed by atoms with Crippen molar-refractivity contribution >= 4 is 11.9 Å². The lowest BCUT2D eigenvalue weighted by Crippen LogP contribution is -2.18. The predicted molar refractivity (Wildman–Crippen MR) is 114 cm³/mol. The Balaban J connectivity index is 1.95. The first-order valence-electron chi connectivity index (χ1n) is 10.3. The smallest absolute Gasteiger partial charge is 0.345 e. The van der Waals surface area contributed by atoms with E-state index in [1.165, 1.54) is 12.8 Å². The second-order valence-electron chi connectivity index (χ2n) is 6.94. The Morgan fingerprint density at radius 2 is 1.21 bits per heavy atom. The van der Waals surface area contributed by atoms with Gasteiger partial charge >= 0.3 is 11.9 Å². The lowest BCUT2D eigenvalue weighted by molar-refractivity contribution is -0.148. The quantitative estimate of drug-likeness (QED) is 0.151. The number of ether oxygens (including phenoxy) is 2. The van der Waals surface area contributed by atoms with Crippen molar-refractivity contribution in [3.63, 3.8) is 0 Å². The summed E-state index contributed by atoms with van der Waals surface area (Å²) in [6.45, 7) is 2.42. The van der Waals surface area contributed by atoms with Gasteiger partial charge in [-0.2, -0.15) is 0 Å². The maximum atomic E-state index is 12.5. The van der Waals surface area contributed by atoms with Crippen molar-refractivity contribution in [3.05, 3.63) is 83.4 Å². The number of carbonyl (C=O) groups is 2. The van der Waals surface area contributed by atoms with Crippen LogP contribution in [0.25, 0.3) is 0 Å². The number of unbranched alkanes of at least 4 members (excludes halogenated alkanes) is 5. The highest BCUT2D eigenvalue weighted by Crippen LogP contribution is 2.12. The summed E-state index contributed by atoms with van der Waals surface area (Å²) in [5.41, 5.74) is 1.72. The van der Waals surface area contributed by atoms with Gasteiger partial charge in [-0.25, -0.2) is 9.59 Å². The molecule has 0 heterocycles. The molecule has 0 atom stereocenters. The molecule has 2 aromatic rings. The average Bonchev–Trinajstić information content (AvgIpc) is 2.77. The van der Waals surface area contributed by atoms with Crippen LogP contribution in [-0.2, 0) is 32.3 Å². The molecule has 4 heteroatoms. The molecule has 2 aromatic carbocycles. The molecular formula is C25H30O4. The summed E-state index contributed by atoms with van der Waals surface area (Å²) < 4.78 is 10.7.